The van der Waals surface area contributed by atoms with Gasteiger partial charge in [-0.15, -0.1) is 0 Å². The average molecular weight is 277 g/mol. The number of carboxylic acid groups (broad SMARTS) is 1. The van der Waals surface area contributed by atoms with Crippen LogP contribution in [0.5, 0.6) is 0 Å². The zero-order valence-electron chi connectivity index (χ0n) is 11.9. The van der Waals surface area contributed by atoms with E-state index in [-0.39, 0.29) is 6.42 Å². The molecule has 0 aliphatic carbocycles. The van der Waals surface area contributed by atoms with E-state index >= 15 is 0 Å². The first-order valence-electron chi connectivity index (χ1n) is 6.55. The van der Waals surface area contributed by atoms with Gasteiger partial charge >= 0.3 is 0 Å². The van der Waals surface area contributed by atoms with Crippen LogP contribution in [0.25, 0.3) is 0 Å². The Hall–Kier alpha value is -0.260. The van der Waals surface area contributed by atoms with Gasteiger partial charge in [-0.25, -0.2) is 0 Å². The Morgan fingerprint density at radius 3 is 2.33 bits per heavy atom. The van der Waals surface area contributed by atoms with E-state index in [1.165, 1.54) is 55.1 Å². The fourth-order valence-electron chi connectivity index (χ4n) is 2.00. The van der Waals surface area contributed by atoms with Crippen molar-refractivity contribution in [1.29, 1.82) is 0 Å². The third-order valence-electron chi connectivity index (χ3n) is 3.24. The van der Waals surface area contributed by atoms with Crippen molar-refractivity contribution in [3.8, 4) is 0 Å². The van der Waals surface area contributed by atoms with E-state index in [4.69, 9.17) is 4.74 Å². The van der Waals surface area contributed by atoms with Gasteiger partial charge in [0.15, 0.2) is 0 Å². The normalized spacial score (nSPS) is 17.7. The second-order valence-electron chi connectivity index (χ2n) is 4.96. The molecule has 0 bridgehead atoms. The predicted octanol–water partition coefficient (Wildman–Crippen LogP) is 0.753. The lowest BCUT2D eigenvalue weighted by atomic mass is 10.1. The summed E-state index contributed by atoms with van der Waals surface area (Å²) in [5.74, 6) is -0.308. The largest absolute Gasteiger partial charge is 0.550 e. The van der Waals surface area contributed by atoms with Gasteiger partial charge in [0.1, 0.15) is 6.54 Å². The number of carboxylic acids is 1. The maximum Gasteiger partial charge on any atom is 0.102 e. The highest BCUT2D eigenvalue weighted by Gasteiger charge is 2.23. The van der Waals surface area contributed by atoms with Crippen molar-refractivity contribution in [1.82, 2.24) is 0 Å². The molecule has 0 aromatic heterocycles. The summed E-state index contributed by atoms with van der Waals surface area (Å²) in [4.78, 5) is 9.63. The lowest BCUT2D eigenvalue weighted by molar-refractivity contribution is -0.914. The number of aliphatic carboxylic acids is 1. The number of hydrogen-bond acceptors (Lipinski definition) is 4. The van der Waals surface area contributed by atoms with Crippen LogP contribution < -0.4 is 5.11 Å². The van der Waals surface area contributed by atoms with Crippen LogP contribution in [0.1, 0.15) is 25.7 Å². The number of thioether (sulfide) groups is 1. The fraction of sp³-hybridized carbons (Fsp3) is 0.923. The summed E-state index contributed by atoms with van der Waals surface area (Å²) in [5, 5.41) is 9.63. The van der Waals surface area contributed by atoms with Crippen molar-refractivity contribution in [2.45, 2.75) is 25.7 Å². The van der Waals surface area contributed by atoms with Crippen LogP contribution in [-0.4, -0.2) is 62.9 Å². The van der Waals surface area contributed by atoms with Crippen LogP contribution >= 0.6 is 11.8 Å². The van der Waals surface area contributed by atoms with Crippen LogP contribution in [0.2, 0.25) is 0 Å². The van der Waals surface area contributed by atoms with Crippen LogP contribution in [0.15, 0.2) is 0 Å². The maximum atomic E-state index is 9.63. The molecule has 1 fully saturated rings. The Morgan fingerprint density at radius 2 is 1.94 bits per heavy atom. The third kappa shape index (κ3) is 9.74. The molecular formula is C13H27NO3S. The molecule has 0 unspecified atom stereocenters. The van der Waals surface area contributed by atoms with Gasteiger partial charge in [-0.05, 0) is 37.7 Å². The average Bonchev–Trinajstić information content (AvgIpc) is 2.35. The molecule has 0 saturated carbocycles. The number of likely N-dealkylation sites (tertiary alicyclic amines) is 1. The molecule has 0 radical (unpaired) electrons. The standard InChI is InChI=1S/C9H20NO.C4H8O2S/c1-10(8-9-11-2)6-4-3-5-7-10;1-7-3-2-4(5)6/h3-9H2,1-2H3;2-3H2,1H3,(H,5,6)/q+1;/p-1. The van der Waals surface area contributed by atoms with E-state index in [1.807, 2.05) is 6.26 Å². The Balaban J connectivity index is 0.000000360. The van der Waals surface area contributed by atoms with Gasteiger partial charge in [0.05, 0.1) is 26.7 Å². The number of quaternary nitrogens is 1. The maximum absolute atomic E-state index is 9.63. The number of hydrogen-bond donors (Lipinski definition) is 0. The molecule has 0 aromatic carbocycles. The topological polar surface area (TPSA) is 49.4 Å². The van der Waals surface area contributed by atoms with Crippen molar-refractivity contribution >= 4 is 17.7 Å². The summed E-state index contributed by atoms with van der Waals surface area (Å²) < 4.78 is 6.32. The zero-order chi connectivity index (χ0) is 13.9. The number of nitrogens with zero attached hydrogens (tertiary/aromatic N) is 1. The molecule has 5 heteroatoms. The van der Waals surface area contributed by atoms with Gasteiger partial charge < -0.3 is 19.1 Å². The number of rotatable bonds is 6. The van der Waals surface area contributed by atoms with Gasteiger partial charge in [0.25, 0.3) is 0 Å². The van der Waals surface area contributed by atoms with Crippen molar-refractivity contribution in [3.63, 3.8) is 0 Å². The smallest absolute Gasteiger partial charge is 0.102 e. The molecule has 0 aromatic rings. The lowest BCUT2D eigenvalue weighted by Crippen LogP contribution is -2.49. The second kappa shape index (κ2) is 10.6. The minimum Gasteiger partial charge on any atom is -0.550 e. The quantitative estimate of drug-likeness (QED) is 0.672. The SMILES string of the molecule is COCC[N+]1(C)CCCCC1.CSCCC(=O)[O-]. The molecule has 0 N–H and O–H groups in total. The second-order valence-corrected chi connectivity index (χ2v) is 5.94. The highest BCUT2D eigenvalue weighted by Crippen LogP contribution is 2.15. The molecule has 0 amide bonds. The van der Waals surface area contributed by atoms with Gasteiger partial charge in [-0.3, -0.25) is 0 Å². The monoisotopic (exact) mass is 277 g/mol. The van der Waals surface area contributed by atoms with Crippen molar-refractivity contribution < 1.29 is 19.1 Å². The Morgan fingerprint density at radius 1 is 1.33 bits per heavy atom. The Labute approximate surface area is 115 Å². The first-order chi connectivity index (χ1) is 8.54. The Kier molecular flexibility index (Phi) is 10.5. The number of methoxy groups -OCH3 is 1. The molecule has 1 aliphatic heterocycles. The van der Waals surface area contributed by atoms with Crippen molar-refractivity contribution in [2.75, 3.05) is 52.4 Å². The van der Waals surface area contributed by atoms with E-state index in [0.717, 1.165) is 6.61 Å². The summed E-state index contributed by atoms with van der Waals surface area (Å²) in [6.07, 6.45) is 6.27. The molecule has 1 rings (SSSR count). The van der Waals surface area contributed by atoms with Crippen LogP contribution in [0.3, 0.4) is 0 Å². The predicted molar refractivity (Wildman–Crippen MR) is 74.5 cm³/mol. The first kappa shape index (κ1) is 17.7. The van der Waals surface area contributed by atoms with Crippen molar-refractivity contribution in [2.24, 2.45) is 0 Å². The van der Waals surface area contributed by atoms with Gasteiger partial charge in [0.2, 0.25) is 0 Å². The molecular weight excluding hydrogens is 250 g/mol. The molecule has 108 valence electrons. The number of piperidine rings is 1. The molecule has 1 saturated heterocycles. The third-order valence-corrected chi connectivity index (χ3v) is 3.85. The summed E-state index contributed by atoms with van der Waals surface area (Å²) in [6, 6.07) is 0. The van der Waals surface area contributed by atoms with E-state index < -0.39 is 5.97 Å². The van der Waals surface area contributed by atoms with Crippen LogP contribution in [-0.2, 0) is 9.53 Å². The first-order valence-corrected chi connectivity index (χ1v) is 7.95. The summed E-state index contributed by atoms with van der Waals surface area (Å²) in [7, 11) is 4.13. The van der Waals surface area contributed by atoms with Gasteiger partial charge in [-0.1, -0.05) is 0 Å². The van der Waals surface area contributed by atoms with E-state index in [1.54, 1.807) is 7.11 Å². The highest BCUT2D eigenvalue weighted by atomic mass is 32.2. The van der Waals surface area contributed by atoms with Crippen LogP contribution in [0.4, 0.5) is 0 Å². The summed E-state index contributed by atoms with van der Waals surface area (Å²) >= 11 is 1.51. The minimum absolute atomic E-state index is 0.168. The fourth-order valence-corrected chi connectivity index (χ4v) is 2.37. The Bertz CT molecular complexity index is 218. The van der Waals surface area contributed by atoms with E-state index in [2.05, 4.69) is 7.05 Å². The summed E-state index contributed by atoms with van der Waals surface area (Å²) in [6.45, 7) is 4.81. The van der Waals surface area contributed by atoms with Crippen molar-refractivity contribution in [3.05, 3.63) is 0 Å². The number of likely N-dealkylation sites (N-methyl/N-ethyl adjacent to an activating group) is 1. The molecule has 0 spiro atoms. The van der Waals surface area contributed by atoms with E-state index in [0.29, 0.717) is 5.75 Å². The highest BCUT2D eigenvalue weighted by molar-refractivity contribution is 7.98. The molecule has 1 aliphatic rings. The van der Waals surface area contributed by atoms with E-state index in [9.17, 15) is 9.90 Å². The molecule has 18 heavy (non-hydrogen) atoms. The number of ether oxygens (including phenoxy) is 1. The van der Waals surface area contributed by atoms with Gasteiger partial charge in [0, 0.05) is 13.1 Å². The lowest BCUT2D eigenvalue weighted by Gasteiger charge is -2.37. The number of carbonyl (C=O) groups excluding carboxylic acids is 1. The van der Waals surface area contributed by atoms with Gasteiger partial charge in [-0.2, -0.15) is 11.8 Å². The number of carbonyl (C=O) groups is 1. The molecule has 4 nitrogen and oxygen atoms in total. The molecule has 0 atom stereocenters. The summed E-state index contributed by atoms with van der Waals surface area (Å²) in [5.41, 5.74) is 0. The van der Waals surface area contributed by atoms with Crippen LogP contribution in [0, 0.1) is 0 Å². The minimum atomic E-state index is -0.964. The molecule has 1 heterocycles. The zero-order valence-corrected chi connectivity index (χ0v) is 12.8.